The predicted molar refractivity (Wildman–Crippen MR) is 87.0 cm³/mol. The highest BCUT2D eigenvalue weighted by atomic mass is 79.9. The van der Waals surface area contributed by atoms with Gasteiger partial charge in [-0.1, -0.05) is 6.07 Å². The summed E-state index contributed by atoms with van der Waals surface area (Å²) in [6.07, 6.45) is -10.4. The molecule has 2 N–H and O–H groups in total. The molecule has 0 unspecified atom stereocenters. The van der Waals surface area contributed by atoms with Gasteiger partial charge in [0.25, 0.3) is 5.91 Å². The molecule has 2 rings (SSSR count). The van der Waals surface area contributed by atoms with Crippen molar-refractivity contribution in [3.8, 4) is 0 Å². The second-order valence-electron chi connectivity index (χ2n) is 5.39. The first-order chi connectivity index (χ1) is 13.2. The van der Waals surface area contributed by atoms with Crippen molar-refractivity contribution in [1.82, 2.24) is 5.32 Å². The van der Waals surface area contributed by atoms with Gasteiger partial charge in [-0.05, 0) is 40.2 Å². The Labute approximate surface area is 165 Å². The number of rotatable bonds is 2. The Morgan fingerprint density at radius 2 is 1.45 bits per heavy atom. The number of imide groups is 1. The Hall–Kier alpha value is -2.70. The average molecular weight is 491 g/mol. The van der Waals surface area contributed by atoms with Gasteiger partial charge < -0.3 is 5.32 Å². The van der Waals surface area contributed by atoms with Gasteiger partial charge in [-0.15, -0.1) is 0 Å². The van der Waals surface area contributed by atoms with Crippen molar-refractivity contribution in [3.63, 3.8) is 0 Å². The zero-order valence-electron chi connectivity index (χ0n) is 13.6. The summed E-state index contributed by atoms with van der Waals surface area (Å²) < 4.78 is 104. The van der Waals surface area contributed by atoms with Crippen LogP contribution in [-0.4, -0.2) is 11.9 Å². The molecule has 0 bridgehead atoms. The summed E-state index contributed by atoms with van der Waals surface area (Å²) in [6.45, 7) is 0. The minimum Gasteiger partial charge on any atom is -0.307 e. The quantitative estimate of drug-likeness (QED) is 0.528. The molecular weight excluding hydrogens is 484 g/mol. The number of carbonyl (C=O) groups is 2. The average Bonchev–Trinajstić information content (AvgIpc) is 2.54. The molecule has 0 spiro atoms. The van der Waals surface area contributed by atoms with Gasteiger partial charge in [-0.25, -0.2) is 13.6 Å². The lowest BCUT2D eigenvalue weighted by atomic mass is 10.1. The fourth-order valence-corrected chi connectivity index (χ4v) is 2.67. The molecule has 0 saturated carbocycles. The largest absolute Gasteiger partial charge is 0.417 e. The summed E-state index contributed by atoms with van der Waals surface area (Å²) in [5, 5.41) is 3.03. The van der Waals surface area contributed by atoms with Crippen LogP contribution in [0.5, 0.6) is 0 Å². The fraction of sp³-hybridized carbons (Fsp3) is 0.125. The molecule has 0 atom stereocenters. The van der Waals surface area contributed by atoms with Crippen LogP contribution in [0.1, 0.15) is 21.5 Å². The molecule has 156 valence electrons. The third kappa shape index (κ3) is 5.22. The molecular formula is C16H7BrF8N2O2. The number of carbonyl (C=O) groups excluding carboxylic acids is 2. The lowest BCUT2D eigenvalue weighted by Gasteiger charge is -2.17. The van der Waals surface area contributed by atoms with Gasteiger partial charge in [0.15, 0.2) is 0 Å². The maximum Gasteiger partial charge on any atom is 0.417 e. The lowest BCUT2D eigenvalue weighted by molar-refractivity contribution is -0.143. The molecule has 4 nitrogen and oxygen atoms in total. The first kappa shape index (κ1) is 22.6. The number of amides is 3. The topological polar surface area (TPSA) is 58.2 Å². The predicted octanol–water partition coefficient (Wildman–Crippen LogP) is 5.73. The van der Waals surface area contributed by atoms with E-state index in [1.807, 2.05) is 0 Å². The van der Waals surface area contributed by atoms with Crippen LogP contribution in [0.25, 0.3) is 0 Å². The monoisotopic (exact) mass is 490 g/mol. The number of nitrogens with one attached hydrogen (secondary N) is 2. The summed E-state index contributed by atoms with van der Waals surface area (Å²) >= 11 is 2.45. The number of halogens is 9. The molecule has 0 aromatic heterocycles. The van der Waals surface area contributed by atoms with Gasteiger partial charge in [0.2, 0.25) is 0 Å². The van der Waals surface area contributed by atoms with Crippen LogP contribution in [0.2, 0.25) is 0 Å². The summed E-state index contributed by atoms with van der Waals surface area (Å²) in [5.74, 6) is -4.28. The van der Waals surface area contributed by atoms with E-state index >= 15 is 0 Å². The molecule has 0 heterocycles. The van der Waals surface area contributed by atoms with Crippen LogP contribution >= 0.6 is 15.9 Å². The van der Waals surface area contributed by atoms with Crippen molar-refractivity contribution in [3.05, 3.63) is 63.1 Å². The molecule has 3 amide bonds. The first-order valence-corrected chi connectivity index (χ1v) is 8.05. The molecule has 29 heavy (non-hydrogen) atoms. The number of benzene rings is 2. The Balaban J connectivity index is 2.35. The number of urea groups is 1. The number of alkyl halides is 6. The van der Waals surface area contributed by atoms with E-state index in [1.165, 1.54) is 5.32 Å². The molecule has 0 aliphatic rings. The number of hydrogen-bond donors (Lipinski definition) is 2. The van der Waals surface area contributed by atoms with E-state index in [9.17, 15) is 44.7 Å². The van der Waals surface area contributed by atoms with Crippen molar-refractivity contribution in [1.29, 1.82) is 0 Å². The molecule has 2 aromatic carbocycles. The van der Waals surface area contributed by atoms with E-state index in [2.05, 4.69) is 15.9 Å². The third-order valence-electron chi connectivity index (χ3n) is 3.37. The Bertz CT molecular complexity index is 952. The van der Waals surface area contributed by atoms with Crippen LogP contribution in [-0.2, 0) is 12.4 Å². The Morgan fingerprint density at radius 1 is 0.897 bits per heavy atom. The Kier molecular flexibility index (Phi) is 6.21. The van der Waals surface area contributed by atoms with Crippen molar-refractivity contribution in [2.24, 2.45) is 0 Å². The van der Waals surface area contributed by atoms with Gasteiger partial charge in [-0.2, -0.15) is 26.3 Å². The van der Waals surface area contributed by atoms with Crippen molar-refractivity contribution in [2.75, 3.05) is 5.32 Å². The van der Waals surface area contributed by atoms with E-state index in [-0.39, 0.29) is 12.1 Å². The maximum absolute atomic E-state index is 13.5. The zero-order valence-corrected chi connectivity index (χ0v) is 15.2. The minimum atomic E-state index is -5.21. The summed E-state index contributed by atoms with van der Waals surface area (Å²) in [5.41, 5.74) is -5.61. The second-order valence-corrected chi connectivity index (χ2v) is 6.18. The van der Waals surface area contributed by atoms with Crippen molar-refractivity contribution < 1.29 is 44.7 Å². The maximum atomic E-state index is 13.5. The van der Waals surface area contributed by atoms with Gasteiger partial charge in [0.1, 0.15) is 17.2 Å². The highest BCUT2D eigenvalue weighted by Gasteiger charge is 2.39. The molecule has 0 aliphatic heterocycles. The van der Waals surface area contributed by atoms with E-state index in [0.29, 0.717) is 12.1 Å². The summed E-state index contributed by atoms with van der Waals surface area (Å²) in [7, 11) is 0. The van der Waals surface area contributed by atoms with Crippen LogP contribution in [0.15, 0.2) is 34.8 Å². The Morgan fingerprint density at radius 3 is 1.93 bits per heavy atom. The standard InChI is InChI=1S/C16H7BrF8N2O2/c17-12-7(16(23,24)25)4-6(15(20,21)22)5-10(12)26-14(29)27-13(28)11-8(18)2-1-3-9(11)19/h1-5H,(H2,26,27,28,29). The van der Waals surface area contributed by atoms with Crippen LogP contribution < -0.4 is 10.6 Å². The lowest BCUT2D eigenvalue weighted by Crippen LogP contribution is -2.35. The summed E-state index contributed by atoms with van der Waals surface area (Å²) in [4.78, 5) is 23.6. The van der Waals surface area contributed by atoms with Gasteiger partial charge in [0, 0.05) is 0 Å². The van der Waals surface area contributed by atoms with Gasteiger partial charge in [-0.3, -0.25) is 10.1 Å². The first-order valence-electron chi connectivity index (χ1n) is 7.26. The zero-order chi connectivity index (χ0) is 22.1. The van der Waals surface area contributed by atoms with E-state index < -0.39 is 62.8 Å². The fourth-order valence-electron chi connectivity index (χ4n) is 2.12. The molecule has 0 radical (unpaired) electrons. The second kappa shape index (κ2) is 7.97. The minimum absolute atomic E-state index is 0.174. The SMILES string of the molecule is O=C(NC(=O)c1c(F)cccc1F)Nc1cc(C(F)(F)F)cc(C(F)(F)F)c1Br. The van der Waals surface area contributed by atoms with Crippen LogP contribution in [0, 0.1) is 11.6 Å². The van der Waals surface area contributed by atoms with Crippen LogP contribution in [0.4, 0.5) is 45.6 Å². The number of anilines is 1. The van der Waals surface area contributed by atoms with Gasteiger partial charge >= 0.3 is 18.4 Å². The smallest absolute Gasteiger partial charge is 0.307 e. The molecule has 0 aliphatic carbocycles. The molecule has 0 saturated heterocycles. The van der Waals surface area contributed by atoms with Crippen molar-refractivity contribution >= 4 is 33.6 Å². The number of hydrogen-bond acceptors (Lipinski definition) is 2. The van der Waals surface area contributed by atoms with E-state index in [0.717, 1.165) is 6.07 Å². The normalized spacial score (nSPS) is 11.9. The van der Waals surface area contributed by atoms with Gasteiger partial charge in [0.05, 0.1) is 21.3 Å². The van der Waals surface area contributed by atoms with Crippen LogP contribution in [0.3, 0.4) is 0 Å². The van der Waals surface area contributed by atoms with Crippen molar-refractivity contribution in [2.45, 2.75) is 12.4 Å². The third-order valence-corrected chi connectivity index (χ3v) is 4.22. The molecule has 0 fully saturated rings. The highest BCUT2D eigenvalue weighted by Crippen LogP contribution is 2.43. The molecule has 2 aromatic rings. The van der Waals surface area contributed by atoms with E-state index in [1.54, 1.807) is 5.32 Å². The molecule has 13 heteroatoms. The van der Waals surface area contributed by atoms with E-state index in [4.69, 9.17) is 0 Å². The highest BCUT2D eigenvalue weighted by molar-refractivity contribution is 9.10. The summed E-state index contributed by atoms with van der Waals surface area (Å²) in [6, 6.07) is 0.731.